The average Bonchev–Trinajstić information content (AvgIpc) is 2.03. The number of oxime groups is 1. The van der Waals surface area contributed by atoms with Crippen molar-refractivity contribution < 1.29 is 10.0 Å². The molecule has 3 nitrogen and oxygen atoms in total. The molecule has 0 rings (SSSR count). The largest absolute Gasteiger partial charge is 0.411 e. The molecule has 1 atom stereocenters. The summed E-state index contributed by atoms with van der Waals surface area (Å²) in [6.07, 6.45) is 0. The number of Topliss-reactive ketones (excluding diaryl/α,β-unsaturated/α-hetero) is 1. The highest BCUT2D eigenvalue weighted by Gasteiger charge is 2.17. The smallest absolute Gasteiger partial charge is 0.177 e. The Morgan fingerprint density at radius 2 is 1.69 bits per heavy atom. The van der Waals surface area contributed by atoms with Gasteiger partial charge in [-0.25, -0.2) is 0 Å². The number of hydrogen-bond acceptors (Lipinski definition) is 3. The molecule has 3 heteroatoms. The van der Waals surface area contributed by atoms with Crippen LogP contribution < -0.4 is 0 Å². The molecule has 0 bridgehead atoms. The van der Waals surface area contributed by atoms with Crippen LogP contribution in [0.2, 0.25) is 0 Å². The third-order valence-electron chi connectivity index (χ3n) is 2.32. The summed E-state index contributed by atoms with van der Waals surface area (Å²) in [6.45, 7) is 9.15. The number of nitrogens with zero attached hydrogens (tertiary/aromatic N) is 1. The average molecular weight is 183 g/mol. The summed E-state index contributed by atoms with van der Waals surface area (Å²) >= 11 is 0. The zero-order valence-corrected chi connectivity index (χ0v) is 8.88. The number of carbonyl (C=O) groups excluding carboxylic acids is 1. The second-order valence-corrected chi connectivity index (χ2v) is 3.45. The van der Waals surface area contributed by atoms with Crippen molar-refractivity contribution in [3.05, 3.63) is 11.1 Å². The molecule has 0 aromatic rings. The summed E-state index contributed by atoms with van der Waals surface area (Å²) in [4.78, 5) is 11.0. The molecule has 0 radical (unpaired) electrons. The standard InChI is InChI=1S/C10H17NO2/c1-6(2)7(3)8(4)10(11-13)9(5)12/h8,13H,1-5H3/b11-10-. The van der Waals surface area contributed by atoms with Crippen molar-refractivity contribution in [2.45, 2.75) is 34.6 Å². The van der Waals surface area contributed by atoms with Crippen LogP contribution in [-0.2, 0) is 4.79 Å². The molecular formula is C10H17NO2. The maximum absolute atomic E-state index is 11.0. The van der Waals surface area contributed by atoms with Crippen molar-refractivity contribution in [3.63, 3.8) is 0 Å². The summed E-state index contributed by atoms with van der Waals surface area (Å²) < 4.78 is 0. The van der Waals surface area contributed by atoms with E-state index in [9.17, 15) is 4.79 Å². The summed E-state index contributed by atoms with van der Waals surface area (Å²) in [5.41, 5.74) is 2.44. The molecule has 0 heterocycles. The Kier molecular flexibility index (Phi) is 4.38. The Labute approximate surface area is 79.1 Å². The van der Waals surface area contributed by atoms with Crippen LogP contribution in [0.25, 0.3) is 0 Å². The fourth-order valence-corrected chi connectivity index (χ4v) is 1.10. The summed E-state index contributed by atoms with van der Waals surface area (Å²) in [5, 5.41) is 11.7. The summed E-state index contributed by atoms with van der Waals surface area (Å²) in [5.74, 6) is -0.289. The van der Waals surface area contributed by atoms with Gasteiger partial charge in [0.05, 0.1) is 0 Å². The lowest BCUT2D eigenvalue weighted by atomic mass is 9.92. The van der Waals surface area contributed by atoms with Gasteiger partial charge in [-0.1, -0.05) is 23.2 Å². The first kappa shape index (κ1) is 11.9. The van der Waals surface area contributed by atoms with E-state index in [0.29, 0.717) is 0 Å². The van der Waals surface area contributed by atoms with Crippen LogP contribution in [0.1, 0.15) is 34.6 Å². The van der Waals surface area contributed by atoms with E-state index in [1.165, 1.54) is 6.92 Å². The molecule has 0 aromatic heterocycles. The van der Waals surface area contributed by atoms with Crippen LogP contribution >= 0.6 is 0 Å². The minimum Gasteiger partial charge on any atom is -0.411 e. The molecule has 0 amide bonds. The van der Waals surface area contributed by atoms with Gasteiger partial charge in [0.25, 0.3) is 0 Å². The Balaban J connectivity index is 4.89. The third kappa shape index (κ3) is 3.01. The Morgan fingerprint density at radius 3 is 1.92 bits per heavy atom. The summed E-state index contributed by atoms with van der Waals surface area (Å²) in [7, 11) is 0. The quantitative estimate of drug-likeness (QED) is 0.316. The first-order valence-corrected chi connectivity index (χ1v) is 4.28. The normalized spacial score (nSPS) is 13.8. The topological polar surface area (TPSA) is 49.7 Å². The molecule has 0 fully saturated rings. The van der Waals surface area contributed by atoms with Gasteiger partial charge >= 0.3 is 0 Å². The van der Waals surface area contributed by atoms with Crippen LogP contribution in [0, 0.1) is 5.92 Å². The first-order valence-electron chi connectivity index (χ1n) is 4.28. The van der Waals surface area contributed by atoms with Crippen LogP contribution in [0.3, 0.4) is 0 Å². The van der Waals surface area contributed by atoms with Crippen molar-refractivity contribution in [1.29, 1.82) is 0 Å². The SMILES string of the molecule is CC(=O)/C(=N\O)C(C)C(C)=C(C)C. The second kappa shape index (κ2) is 4.80. The van der Waals surface area contributed by atoms with Crippen molar-refractivity contribution >= 4 is 11.5 Å². The lowest BCUT2D eigenvalue weighted by molar-refractivity contribution is -0.111. The van der Waals surface area contributed by atoms with Crippen molar-refractivity contribution in [2.24, 2.45) is 11.1 Å². The van der Waals surface area contributed by atoms with E-state index in [4.69, 9.17) is 5.21 Å². The maximum Gasteiger partial charge on any atom is 0.177 e. The van der Waals surface area contributed by atoms with Crippen molar-refractivity contribution in [3.8, 4) is 0 Å². The molecule has 1 N–H and O–H groups in total. The fourth-order valence-electron chi connectivity index (χ4n) is 1.10. The zero-order chi connectivity index (χ0) is 10.6. The Bertz CT molecular complexity index is 260. The monoisotopic (exact) mass is 183 g/mol. The first-order chi connectivity index (χ1) is 5.91. The molecular weight excluding hydrogens is 166 g/mol. The van der Waals surface area contributed by atoms with Gasteiger partial charge in [-0.3, -0.25) is 4.79 Å². The van der Waals surface area contributed by atoms with Gasteiger partial charge in [-0.15, -0.1) is 0 Å². The van der Waals surface area contributed by atoms with E-state index < -0.39 is 0 Å². The van der Waals surface area contributed by atoms with Gasteiger partial charge in [-0.2, -0.15) is 0 Å². The second-order valence-electron chi connectivity index (χ2n) is 3.45. The van der Waals surface area contributed by atoms with Gasteiger partial charge in [0.1, 0.15) is 5.71 Å². The molecule has 0 aliphatic rings. The van der Waals surface area contributed by atoms with E-state index in [1.807, 2.05) is 27.7 Å². The number of carbonyl (C=O) groups is 1. The highest BCUT2D eigenvalue weighted by Crippen LogP contribution is 2.16. The highest BCUT2D eigenvalue weighted by atomic mass is 16.4. The number of allylic oxidation sites excluding steroid dienone is 2. The van der Waals surface area contributed by atoms with E-state index in [-0.39, 0.29) is 17.4 Å². The van der Waals surface area contributed by atoms with Crippen LogP contribution in [0.15, 0.2) is 16.3 Å². The van der Waals surface area contributed by atoms with E-state index >= 15 is 0 Å². The van der Waals surface area contributed by atoms with Gasteiger partial charge in [0.15, 0.2) is 5.78 Å². The molecule has 0 spiro atoms. The summed E-state index contributed by atoms with van der Waals surface area (Å²) in [6, 6.07) is 0. The number of rotatable bonds is 3. The molecule has 0 aromatic carbocycles. The van der Waals surface area contributed by atoms with Gasteiger partial charge in [-0.05, 0) is 20.8 Å². The Morgan fingerprint density at radius 1 is 1.23 bits per heavy atom. The minimum absolute atomic E-state index is 0.104. The molecule has 0 aliphatic carbocycles. The molecule has 0 saturated heterocycles. The lowest BCUT2D eigenvalue weighted by Crippen LogP contribution is -2.20. The lowest BCUT2D eigenvalue weighted by Gasteiger charge is -2.13. The van der Waals surface area contributed by atoms with Gasteiger partial charge in [0, 0.05) is 12.8 Å². The Hall–Kier alpha value is -1.12. The van der Waals surface area contributed by atoms with Crippen molar-refractivity contribution in [1.82, 2.24) is 0 Å². The molecule has 1 unspecified atom stereocenters. The predicted octanol–water partition coefficient (Wildman–Crippen LogP) is 2.40. The van der Waals surface area contributed by atoms with E-state index in [0.717, 1.165) is 11.1 Å². The number of ketones is 1. The molecule has 74 valence electrons. The van der Waals surface area contributed by atoms with Gasteiger partial charge in [0.2, 0.25) is 0 Å². The highest BCUT2D eigenvalue weighted by molar-refractivity contribution is 6.40. The van der Waals surface area contributed by atoms with Crippen LogP contribution in [-0.4, -0.2) is 16.7 Å². The van der Waals surface area contributed by atoms with Gasteiger partial charge < -0.3 is 5.21 Å². The zero-order valence-electron chi connectivity index (χ0n) is 8.88. The van der Waals surface area contributed by atoms with Crippen molar-refractivity contribution in [2.75, 3.05) is 0 Å². The van der Waals surface area contributed by atoms with E-state index in [1.54, 1.807) is 0 Å². The predicted molar refractivity (Wildman–Crippen MR) is 53.1 cm³/mol. The van der Waals surface area contributed by atoms with Crippen LogP contribution in [0.5, 0.6) is 0 Å². The number of hydrogen-bond donors (Lipinski definition) is 1. The van der Waals surface area contributed by atoms with Crippen LogP contribution in [0.4, 0.5) is 0 Å². The van der Waals surface area contributed by atoms with E-state index in [2.05, 4.69) is 5.16 Å². The molecule has 0 aliphatic heterocycles. The molecule has 13 heavy (non-hydrogen) atoms. The fraction of sp³-hybridized carbons (Fsp3) is 0.600. The maximum atomic E-state index is 11.0. The third-order valence-corrected chi connectivity index (χ3v) is 2.32. The minimum atomic E-state index is -0.185. The molecule has 0 saturated carbocycles.